The number of esters is 1. The third-order valence-electron chi connectivity index (χ3n) is 3.14. The average Bonchev–Trinajstić information content (AvgIpc) is 2.62. The molecule has 0 aliphatic heterocycles. The molecule has 0 amide bonds. The lowest BCUT2D eigenvalue weighted by molar-refractivity contribution is -0.153. The number of carbonyl (C=O) groups excluding carboxylic acids is 1. The fourth-order valence-electron chi connectivity index (χ4n) is 1.87. The number of ether oxygens (including phenoxy) is 1. The Bertz CT molecular complexity index is 750. The van der Waals surface area contributed by atoms with Crippen LogP contribution in [0.3, 0.4) is 0 Å². The van der Waals surface area contributed by atoms with Gasteiger partial charge in [-0.2, -0.15) is 0 Å². The lowest BCUT2D eigenvalue weighted by Gasteiger charge is -2.10. The van der Waals surface area contributed by atoms with E-state index in [-0.39, 0.29) is 17.2 Å². The van der Waals surface area contributed by atoms with E-state index >= 15 is 0 Å². The minimum absolute atomic E-state index is 0.215. The van der Waals surface area contributed by atoms with E-state index in [1.165, 1.54) is 12.1 Å². The smallest absolute Gasteiger partial charge is 0.339 e. The van der Waals surface area contributed by atoms with Gasteiger partial charge in [-0.15, -0.1) is 0 Å². The van der Waals surface area contributed by atoms with Gasteiger partial charge in [0.05, 0.1) is 6.61 Å². The van der Waals surface area contributed by atoms with Crippen molar-refractivity contribution in [2.45, 2.75) is 19.1 Å². The Morgan fingerprint density at radius 3 is 1.73 bits per heavy atom. The van der Waals surface area contributed by atoms with Gasteiger partial charge in [0.2, 0.25) is 0 Å². The van der Waals surface area contributed by atoms with E-state index in [1.807, 2.05) is 0 Å². The number of aliphatic carboxylic acids is 1. The molecule has 1 unspecified atom stereocenters. The monoisotopic (exact) mass is 400 g/mol. The van der Waals surface area contributed by atoms with E-state index in [2.05, 4.69) is 4.74 Å². The Labute approximate surface area is 160 Å². The first-order chi connectivity index (χ1) is 12.3. The zero-order valence-corrected chi connectivity index (χ0v) is 15.3. The van der Waals surface area contributed by atoms with Gasteiger partial charge < -0.3 is 20.1 Å². The van der Waals surface area contributed by atoms with Crippen molar-refractivity contribution in [3.63, 3.8) is 0 Å². The van der Waals surface area contributed by atoms with Gasteiger partial charge >= 0.3 is 11.9 Å². The summed E-state index contributed by atoms with van der Waals surface area (Å²) in [6, 6.07) is 12.9. The fraction of sp³-hybridized carbons (Fsp3) is 0.222. The highest BCUT2D eigenvalue weighted by molar-refractivity contribution is 6.31. The molecule has 2 atom stereocenters. The number of carboxylic acids is 1. The van der Waals surface area contributed by atoms with E-state index < -0.39 is 24.1 Å². The summed E-state index contributed by atoms with van der Waals surface area (Å²) < 4.78 is 4.67. The maximum Gasteiger partial charge on any atom is 0.339 e. The van der Waals surface area contributed by atoms with Crippen LogP contribution in [0.25, 0.3) is 0 Å². The Kier molecular flexibility index (Phi) is 9.09. The van der Waals surface area contributed by atoms with Gasteiger partial charge in [-0.25, -0.2) is 9.59 Å². The van der Waals surface area contributed by atoms with E-state index in [9.17, 15) is 14.7 Å². The highest BCUT2D eigenvalue weighted by Crippen LogP contribution is 2.23. The maximum absolute atomic E-state index is 11.2. The summed E-state index contributed by atoms with van der Waals surface area (Å²) in [6.07, 6.45) is -2.85. The number of aliphatic hydroxyl groups excluding tert-OH is 2. The Morgan fingerprint density at radius 2 is 1.35 bits per heavy atom. The molecular formula is C18H18Cl2O6. The van der Waals surface area contributed by atoms with Gasteiger partial charge in [0.1, 0.15) is 0 Å². The van der Waals surface area contributed by atoms with Gasteiger partial charge in [0.25, 0.3) is 0 Å². The predicted octanol–water partition coefficient (Wildman–Crippen LogP) is 3.39. The first kappa shape index (κ1) is 21.9. The van der Waals surface area contributed by atoms with Crippen molar-refractivity contribution in [3.05, 3.63) is 69.7 Å². The molecule has 0 spiro atoms. The molecule has 0 fully saturated rings. The zero-order valence-electron chi connectivity index (χ0n) is 13.8. The van der Waals surface area contributed by atoms with Crippen LogP contribution in [0.5, 0.6) is 0 Å². The zero-order chi connectivity index (χ0) is 19.7. The largest absolute Gasteiger partial charge is 0.479 e. The standard InChI is InChI=1S/C10H11ClO3.C8H7ClO3/c1-2-14-10(13)9(12)7-5-3-4-6-8(7)11;9-6-4-2-1-3-5(6)7(10)8(11)12/h3-6,9,12H,2H2,1H3;1-4,7,10H,(H,11,12)/t;7-/m.0/s1. The molecule has 0 heterocycles. The maximum atomic E-state index is 11.2. The highest BCUT2D eigenvalue weighted by Gasteiger charge is 2.20. The summed E-state index contributed by atoms with van der Waals surface area (Å²) in [4.78, 5) is 21.5. The molecule has 2 aromatic rings. The first-order valence-electron chi connectivity index (χ1n) is 7.54. The second-order valence-corrected chi connectivity index (χ2v) is 5.75. The molecule has 0 aromatic heterocycles. The predicted molar refractivity (Wildman–Crippen MR) is 97.1 cm³/mol. The van der Waals surface area contributed by atoms with Crippen LogP contribution in [0.2, 0.25) is 10.0 Å². The Hall–Kier alpha value is -2.12. The second-order valence-electron chi connectivity index (χ2n) is 4.94. The van der Waals surface area contributed by atoms with Crippen LogP contribution in [-0.2, 0) is 14.3 Å². The minimum atomic E-state index is -1.54. The van der Waals surface area contributed by atoms with E-state index in [0.29, 0.717) is 10.6 Å². The Balaban J connectivity index is 0.000000263. The molecule has 2 aromatic carbocycles. The summed E-state index contributed by atoms with van der Waals surface area (Å²) in [5.41, 5.74) is 0.583. The molecule has 0 bridgehead atoms. The quantitative estimate of drug-likeness (QED) is 0.664. The van der Waals surface area contributed by atoms with Crippen molar-refractivity contribution in [2.24, 2.45) is 0 Å². The van der Waals surface area contributed by atoms with Crippen LogP contribution in [0.4, 0.5) is 0 Å². The van der Waals surface area contributed by atoms with Crippen molar-refractivity contribution < 1.29 is 29.6 Å². The molecule has 6 nitrogen and oxygen atoms in total. The molecule has 2 rings (SSSR count). The third kappa shape index (κ3) is 6.31. The van der Waals surface area contributed by atoms with Gasteiger partial charge in [-0.1, -0.05) is 59.6 Å². The lowest BCUT2D eigenvalue weighted by atomic mass is 10.1. The van der Waals surface area contributed by atoms with Gasteiger partial charge in [-0.05, 0) is 19.1 Å². The topological polar surface area (TPSA) is 104 Å². The molecule has 0 aliphatic rings. The minimum Gasteiger partial charge on any atom is -0.479 e. The molecule has 140 valence electrons. The molecule has 8 heteroatoms. The SMILES string of the molecule is CCOC(=O)C(O)c1ccccc1Cl.O=C(O)[C@@H](O)c1ccccc1Cl. The highest BCUT2D eigenvalue weighted by atomic mass is 35.5. The molecule has 0 saturated heterocycles. The number of aliphatic hydroxyl groups is 2. The van der Waals surface area contributed by atoms with Crippen molar-refractivity contribution >= 4 is 35.1 Å². The summed E-state index contributed by atoms with van der Waals surface area (Å²) in [5, 5.41) is 27.7. The number of hydrogen-bond donors (Lipinski definition) is 3. The number of carboxylic acid groups (broad SMARTS) is 1. The van der Waals surface area contributed by atoms with E-state index in [0.717, 1.165) is 0 Å². The van der Waals surface area contributed by atoms with Gasteiger partial charge in [0, 0.05) is 21.2 Å². The van der Waals surface area contributed by atoms with E-state index in [4.69, 9.17) is 33.4 Å². The molecule has 0 saturated carbocycles. The Morgan fingerprint density at radius 1 is 0.923 bits per heavy atom. The van der Waals surface area contributed by atoms with Crippen molar-refractivity contribution in [2.75, 3.05) is 6.61 Å². The second kappa shape index (κ2) is 10.8. The van der Waals surface area contributed by atoms with Crippen LogP contribution >= 0.6 is 23.2 Å². The summed E-state index contributed by atoms with van der Waals surface area (Å²) >= 11 is 11.4. The van der Waals surface area contributed by atoms with Gasteiger partial charge in [0.15, 0.2) is 12.2 Å². The van der Waals surface area contributed by atoms with Crippen LogP contribution in [0, 0.1) is 0 Å². The summed E-state index contributed by atoms with van der Waals surface area (Å²) in [6.45, 7) is 1.91. The number of rotatable bonds is 5. The van der Waals surface area contributed by atoms with Crippen LogP contribution in [0.15, 0.2) is 48.5 Å². The normalized spacial score (nSPS) is 12.3. The van der Waals surface area contributed by atoms with Crippen molar-refractivity contribution in [3.8, 4) is 0 Å². The summed E-state index contributed by atoms with van der Waals surface area (Å²) in [5.74, 6) is -1.98. The summed E-state index contributed by atoms with van der Waals surface area (Å²) in [7, 11) is 0. The van der Waals surface area contributed by atoms with Crippen LogP contribution in [-0.4, -0.2) is 33.9 Å². The van der Waals surface area contributed by atoms with Gasteiger partial charge in [-0.3, -0.25) is 0 Å². The number of benzene rings is 2. The fourth-order valence-corrected chi connectivity index (χ4v) is 2.35. The molecule has 26 heavy (non-hydrogen) atoms. The van der Waals surface area contributed by atoms with Crippen LogP contribution < -0.4 is 0 Å². The van der Waals surface area contributed by atoms with Crippen molar-refractivity contribution in [1.29, 1.82) is 0 Å². The van der Waals surface area contributed by atoms with Crippen molar-refractivity contribution in [1.82, 2.24) is 0 Å². The molecule has 0 radical (unpaired) electrons. The average molecular weight is 401 g/mol. The molecule has 3 N–H and O–H groups in total. The first-order valence-corrected chi connectivity index (χ1v) is 8.29. The number of halogens is 2. The number of hydrogen-bond acceptors (Lipinski definition) is 5. The lowest BCUT2D eigenvalue weighted by Crippen LogP contribution is -2.15. The van der Waals surface area contributed by atoms with E-state index in [1.54, 1.807) is 43.3 Å². The molecular weight excluding hydrogens is 383 g/mol. The number of carbonyl (C=O) groups is 2. The molecule has 0 aliphatic carbocycles. The third-order valence-corrected chi connectivity index (χ3v) is 3.83. The van der Waals surface area contributed by atoms with Crippen LogP contribution in [0.1, 0.15) is 30.3 Å².